The Hall–Kier alpha value is -3.25. The van der Waals surface area contributed by atoms with E-state index >= 15 is 0 Å². The van der Waals surface area contributed by atoms with E-state index in [-0.39, 0.29) is 11.8 Å². The number of thioether (sulfide) groups is 1. The molecule has 0 radical (unpaired) electrons. The summed E-state index contributed by atoms with van der Waals surface area (Å²) in [5.41, 5.74) is 5.20. The molecule has 0 bridgehead atoms. The van der Waals surface area contributed by atoms with Crippen LogP contribution in [0.5, 0.6) is 0 Å². The summed E-state index contributed by atoms with van der Waals surface area (Å²) in [6.07, 6.45) is 4.01. The van der Waals surface area contributed by atoms with E-state index in [9.17, 15) is 9.59 Å². The molecule has 2 aliphatic heterocycles. The average Bonchev–Trinajstić information content (AvgIpc) is 3.57. The van der Waals surface area contributed by atoms with Gasteiger partial charge in [0.25, 0.3) is 11.8 Å². The Balaban J connectivity index is 1.49. The maximum atomic E-state index is 13.6. The lowest BCUT2D eigenvalue weighted by Gasteiger charge is -2.20. The zero-order valence-electron chi connectivity index (χ0n) is 18.8. The van der Waals surface area contributed by atoms with E-state index in [1.165, 1.54) is 29.5 Å². The molecule has 5 rings (SSSR count). The van der Waals surface area contributed by atoms with Gasteiger partial charge in [0.05, 0.1) is 28.2 Å². The summed E-state index contributed by atoms with van der Waals surface area (Å²) in [7, 11) is 0. The molecule has 0 unspecified atom stereocenters. The second-order valence-electron chi connectivity index (χ2n) is 8.53. The van der Waals surface area contributed by atoms with E-state index in [2.05, 4.69) is 4.90 Å². The molecule has 0 saturated carbocycles. The number of nitrogens with zero attached hydrogens (tertiary/aromatic N) is 2. The number of carbonyl (C=O) groups excluding carboxylic acids is 2. The van der Waals surface area contributed by atoms with Crippen LogP contribution in [-0.2, 0) is 15.3 Å². The van der Waals surface area contributed by atoms with Crippen LogP contribution in [0.1, 0.15) is 35.3 Å². The predicted molar refractivity (Wildman–Crippen MR) is 133 cm³/mol. The van der Waals surface area contributed by atoms with Gasteiger partial charge < -0.3 is 9.32 Å². The molecule has 3 heterocycles. The summed E-state index contributed by atoms with van der Waals surface area (Å²) in [5, 5.41) is 0. The Labute approximate surface area is 198 Å². The first-order chi connectivity index (χ1) is 16.0. The summed E-state index contributed by atoms with van der Waals surface area (Å²) in [6, 6.07) is 17.4. The maximum Gasteiger partial charge on any atom is 0.272 e. The van der Waals surface area contributed by atoms with Gasteiger partial charge in [0.1, 0.15) is 5.76 Å². The Bertz CT molecular complexity index is 1220. The van der Waals surface area contributed by atoms with Crippen LogP contribution in [-0.4, -0.2) is 24.9 Å². The molecule has 1 saturated heterocycles. The molecule has 0 aliphatic carbocycles. The maximum absolute atomic E-state index is 13.6. The number of benzene rings is 2. The van der Waals surface area contributed by atoms with Gasteiger partial charge in [-0.1, -0.05) is 18.2 Å². The largest absolute Gasteiger partial charge is 0.468 e. The Morgan fingerprint density at radius 2 is 1.61 bits per heavy atom. The molecule has 33 heavy (non-hydrogen) atoms. The molecule has 2 aromatic carbocycles. The quantitative estimate of drug-likeness (QED) is 0.443. The Morgan fingerprint density at radius 1 is 0.879 bits per heavy atom. The number of rotatable bonds is 6. The van der Waals surface area contributed by atoms with E-state index in [0.717, 1.165) is 41.2 Å². The molecular weight excluding hydrogens is 432 g/mol. The Morgan fingerprint density at radius 3 is 2.27 bits per heavy atom. The van der Waals surface area contributed by atoms with Crippen molar-refractivity contribution in [2.75, 3.05) is 22.9 Å². The number of carbonyl (C=O) groups is 2. The van der Waals surface area contributed by atoms with Gasteiger partial charge >= 0.3 is 0 Å². The molecule has 6 heteroatoms. The van der Waals surface area contributed by atoms with Crippen molar-refractivity contribution in [3.63, 3.8) is 0 Å². The van der Waals surface area contributed by atoms with Crippen LogP contribution in [0.4, 0.5) is 11.4 Å². The fraction of sp³-hybridized carbons (Fsp3) is 0.259. The lowest BCUT2D eigenvalue weighted by atomic mass is 10.0. The van der Waals surface area contributed by atoms with E-state index in [4.69, 9.17) is 4.42 Å². The zero-order chi connectivity index (χ0) is 22.9. The number of amides is 2. The monoisotopic (exact) mass is 458 g/mol. The van der Waals surface area contributed by atoms with Crippen molar-refractivity contribution >= 4 is 40.5 Å². The highest BCUT2D eigenvalue weighted by molar-refractivity contribution is 8.03. The van der Waals surface area contributed by atoms with Gasteiger partial charge in [-0.3, -0.25) is 9.59 Å². The van der Waals surface area contributed by atoms with Crippen LogP contribution >= 0.6 is 11.8 Å². The van der Waals surface area contributed by atoms with E-state index < -0.39 is 0 Å². The third-order valence-electron chi connectivity index (χ3n) is 6.35. The van der Waals surface area contributed by atoms with Gasteiger partial charge in [-0.2, -0.15) is 0 Å². The van der Waals surface area contributed by atoms with Crippen LogP contribution < -0.4 is 9.80 Å². The van der Waals surface area contributed by atoms with Crippen molar-refractivity contribution in [1.82, 2.24) is 0 Å². The molecule has 0 spiro atoms. The highest BCUT2D eigenvalue weighted by atomic mass is 32.2. The number of hydrogen-bond acceptors (Lipinski definition) is 5. The van der Waals surface area contributed by atoms with Crippen LogP contribution in [0.15, 0.2) is 70.2 Å². The van der Waals surface area contributed by atoms with Gasteiger partial charge in [-0.05, 0) is 79.8 Å². The summed E-state index contributed by atoms with van der Waals surface area (Å²) in [5.74, 6) is 0.690. The molecule has 2 aliphatic rings. The third kappa shape index (κ3) is 4.11. The number of anilines is 2. The van der Waals surface area contributed by atoms with Crippen LogP contribution in [0.25, 0.3) is 5.57 Å². The topological polar surface area (TPSA) is 53.8 Å². The Kier molecular flexibility index (Phi) is 5.85. The highest BCUT2D eigenvalue weighted by Crippen LogP contribution is 2.40. The third-order valence-corrected chi connectivity index (χ3v) is 7.45. The summed E-state index contributed by atoms with van der Waals surface area (Å²) < 4.78 is 5.45. The normalized spacial score (nSPS) is 16.4. The van der Waals surface area contributed by atoms with Crippen molar-refractivity contribution in [2.24, 2.45) is 0 Å². The number of aryl methyl sites for hydroxylation is 2. The first kappa shape index (κ1) is 21.6. The van der Waals surface area contributed by atoms with E-state index in [1.54, 1.807) is 6.26 Å². The smallest absolute Gasteiger partial charge is 0.272 e. The molecule has 5 nitrogen and oxygen atoms in total. The van der Waals surface area contributed by atoms with Crippen molar-refractivity contribution in [3.8, 4) is 0 Å². The molecule has 2 amide bonds. The van der Waals surface area contributed by atoms with Crippen molar-refractivity contribution < 1.29 is 14.0 Å². The van der Waals surface area contributed by atoms with Crippen LogP contribution in [0, 0.1) is 13.8 Å². The fourth-order valence-corrected chi connectivity index (χ4v) is 5.37. The second-order valence-corrected chi connectivity index (χ2v) is 9.51. The highest BCUT2D eigenvalue weighted by Gasteiger charge is 2.40. The fourth-order valence-electron chi connectivity index (χ4n) is 4.36. The minimum atomic E-state index is -0.279. The van der Waals surface area contributed by atoms with Crippen molar-refractivity contribution in [2.45, 2.75) is 32.4 Å². The average molecular weight is 459 g/mol. The van der Waals surface area contributed by atoms with Gasteiger partial charge in [-0.25, -0.2) is 4.90 Å². The lowest BCUT2D eigenvalue weighted by Crippen LogP contribution is -2.31. The first-order valence-corrected chi connectivity index (χ1v) is 12.2. The van der Waals surface area contributed by atoms with Crippen LogP contribution in [0.3, 0.4) is 0 Å². The summed E-state index contributed by atoms with van der Waals surface area (Å²) in [6.45, 7) is 6.15. The van der Waals surface area contributed by atoms with Crippen molar-refractivity contribution in [3.05, 3.63) is 88.2 Å². The molecule has 0 N–H and O–H groups in total. The lowest BCUT2D eigenvalue weighted by molar-refractivity contribution is -0.119. The number of hydrogen-bond donors (Lipinski definition) is 0. The molecule has 1 aromatic heterocycles. The second kappa shape index (κ2) is 8.94. The standard InChI is InChI=1S/C27H26N2O3S/c1-18-7-8-20(16-19(18)2)24-25(33-17-23-6-5-15-32-23)27(31)29(26(24)30)22-11-9-21(10-12-22)28-13-3-4-14-28/h5-12,15-16H,3-4,13-14,17H2,1-2H3. The first-order valence-electron chi connectivity index (χ1n) is 11.2. The predicted octanol–water partition coefficient (Wildman–Crippen LogP) is 5.71. The minimum absolute atomic E-state index is 0.279. The number of furan rings is 1. The molecule has 3 aromatic rings. The zero-order valence-corrected chi connectivity index (χ0v) is 19.7. The van der Waals surface area contributed by atoms with Gasteiger partial charge in [0.2, 0.25) is 0 Å². The molecular formula is C27H26N2O3S. The summed E-state index contributed by atoms with van der Waals surface area (Å²) >= 11 is 1.35. The molecule has 0 atom stereocenters. The van der Waals surface area contributed by atoms with Gasteiger partial charge in [0, 0.05) is 18.8 Å². The van der Waals surface area contributed by atoms with Crippen LogP contribution in [0.2, 0.25) is 0 Å². The van der Waals surface area contributed by atoms with Gasteiger partial charge in [-0.15, -0.1) is 11.8 Å². The van der Waals surface area contributed by atoms with E-state index in [1.807, 2.05) is 68.4 Å². The molecule has 1 fully saturated rings. The minimum Gasteiger partial charge on any atom is -0.468 e. The molecule has 168 valence electrons. The summed E-state index contributed by atoms with van der Waals surface area (Å²) in [4.78, 5) is 31.3. The SMILES string of the molecule is Cc1ccc(C2=C(SCc3ccco3)C(=O)N(c3ccc(N4CCCC4)cc3)C2=O)cc1C. The van der Waals surface area contributed by atoms with Crippen molar-refractivity contribution in [1.29, 1.82) is 0 Å². The number of imide groups is 1. The van der Waals surface area contributed by atoms with E-state index in [0.29, 0.717) is 21.9 Å². The van der Waals surface area contributed by atoms with Gasteiger partial charge in [0.15, 0.2) is 0 Å².